The van der Waals surface area contributed by atoms with Gasteiger partial charge in [-0.25, -0.2) is 4.98 Å². The summed E-state index contributed by atoms with van der Waals surface area (Å²) in [5, 5.41) is 4.68. The van der Waals surface area contributed by atoms with E-state index in [1.165, 1.54) is 0 Å². The molecule has 14 heavy (non-hydrogen) atoms. The Kier molecular flexibility index (Phi) is 3.02. The molecule has 0 fully saturated rings. The first-order chi connectivity index (χ1) is 6.74. The van der Waals surface area contributed by atoms with Gasteiger partial charge in [0.15, 0.2) is 0 Å². The summed E-state index contributed by atoms with van der Waals surface area (Å²) >= 11 is 7.99. The fourth-order valence-electron chi connectivity index (χ4n) is 1.13. The number of hydrogen-bond donors (Lipinski definition) is 0. The van der Waals surface area contributed by atoms with E-state index in [4.69, 9.17) is 11.6 Å². The number of rotatable bonds is 2. The second-order valence-corrected chi connectivity index (χ2v) is 4.44. The van der Waals surface area contributed by atoms with Gasteiger partial charge in [0, 0.05) is 6.20 Å². The van der Waals surface area contributed by atoms with Crippen molar-refractivity contribution in [1.29, 1.82) is 0 Å². The summed E-state index contributed by atoms with van der Waals surface area (Å²) in [4.78, 5) is 4.18. The van der Waals surface area contributed by atoms with E-state index in [-0.39, 0.29) is 0 Å². The quantitative estimate of drug-likeness (QED) is 0.629. The Labute approximate surface area is 100 Å². The lowest BCUT2D eigenvalue weighted by atomic mass is 10.3. The van der Waals surface area contributed by atoms with Crippen LogP contribution >= 0.6 is 34.2 Å². The Morgan fingerprint density at radius 3 is 2.93 bits per heavy atom. The lowest BCUT2D eigenvalue weighted by Gasteiger charge is -2.00. The van der Waals surface area contributed by atoms with Gasteiger partial charge < -0.3 is 0 Å². The van der Waals surface area contributed by atoms with Crippen LogP contribution in [0.2, 0.25) is 5.15 Å². The fourth-order valence-corrected chi connectivity index (χ4v) is 1.76. The van der Waals surface area contributed by atoms with Gasteiger partial charge in [-0.3, -0.25) is 4.68 Å². The van der Waals surface area contributed by atoms with Crippen molar-refractivity contribution in [3.8, 4) is 0 Å². The Balaban J connectivity index is 2.18. The highest BCUT2D eigenvalue weighted by atomic mass is 127. The third-order valence-corrected chi connectivity index (χ3v) is 2.47. The summed E-state index contributed by atoms with van der Waals surface area (Å²) in [6.07, 6.45) is 3.77. The molecule has 0 aliphatic carbocycles. The molecule has 0 saturated carbocycles. The molecule has 0 radical (unpaired) electrons. The minimum absolute atomic E-state index is 0.518. The zero-order chi connectivity index (χ0) is 9.97. The predicted molar refractivity (Wildman–Crippen MR) is 63.3 cm³/mol. The molecule has 2 aromatic rings. The molecule has 72 valence electrons. The van der Waals surface area contributed by atoms with Crippen molar-refractivity contribution in [3.05, 3.63) is 45.0 Å². The van der Waals surface area contributed by atoms with Crippen LogP contribution < -0.4 is 0 Å². The SMILES string of the molecule is Clc1cccc(Cn2cc(I)cn2)n1. The summed E-state index contributed by atoms with van der Waals surface area (Å²) in [6.45, 7) is 0.656. The van der Waals surface area contributed by atoms with Crippen LogP contribution in [0.4, 0.5) is 0 Å². The highest BCUT2D eigenvalue weighted by molar-refractivity contribution is 14.1. The van der Waals surface area contributed by atoms with Crippen molar-refractivity contribution in [1.82, 2.24) is 14.8 Å². The second kappa shape index (κ2) is 4.27. The summed E-state index contributed by atoms with van der Waals surface area (Å²) in [5.41, 5.74) is 0.914. The maximum atomic E-state index is 5.77. The van der Waals surface area contributed by atoms with Gasteiger partial charge in [0.2, 0.25) is 0 Å². The Morgan fingerprint density at radius 1 is 1.43 bits per heavy atom. The molecule has 0 aliphatic rings. The molecule has 2 aromatic heterocycles. The Morgan fingerprint density at radius 2 is 2.29 bits per heavy atom. The van der Waals surface area contributed by atoms with Crippen molar-refractivity contribution < 1.29 is 0 Å². The summed E-state index contributed by atoms with van der Waals surface area (Å²) < 4.78 is 2.95. The van der Waals surface area contributed by atoms with Crippen molar-refractivity contribution in [2.24, 2.45) is 0 Å². The van der Waals surface area contributed by atoms with E-state index in [2.05, 4.69) is 32.7 Å². The molecule has 2 heterocycles. The Hall–Kier alpha value is -0.620. The molecule has 0 bridgehead atoms. The van der Waals surface area contributed by atoms with Gasteiger partial charge in [-0.2, -0.15) is 5.10 Å². The second-order valence-electron chi connectivity index (χ2n) is 2.81. The minimum atomic E-state index is 0.518. The van der Waals surface area contributed by atoms with E-state index in [1.54, 1.807) is 6.07 Å². The zero-order valence-electron chi connectivity index (χ0n) is 7.19. The molecule has 0 aromatic carbocycles. The molecular formula is C9H7ClIN3. The van der Waals surface area contributed by atoms with Gasteiger partial charge in [-0.15, -0.1) is 0 Å². The van der Waals surface area contributed by atoms with Crippen molar-refractivity contribution >= 4 is 34.2 Å². The van der Waals surface area contributed by atoms with E-state index in [0.717, 1.165) is 9.26 Å². The lowest BCUT2D eigenvalue weighted by Crippen LogP contribution is -2.01. The normalized spacial score (nSPS) is 10.4. The molecule has 0 saturated heterocycles. The molecule has 0 atom stereocenters. The van der Waals surface area contributed by atoms with Crippen LogP contribution in [0.1, 0.15) is 5.69 Å². The van der Waals surface area contributed by atoms with Crippen LogP contribution in [-0.2, 0) is 6.54 Å². The lowest BCUT2D eigenvalue weighted by molar-refractivity contribution is 0.672. The molecule has 3 nitrogen and oxygen atoms in total. The van der Waals surface area contributed by atoms with Crippen molar-refractivity contribution in [3.63, 3.8) is 0 Å². The third kappa shape index (κ3) is 2.45. The third-order valence-electron chi connectivity index (χ3n) is 1.70. The summed E-state index contributed by atoms with van der Waals surface area (Å²) in [7, 11) is 0. The number of nitrogens with zero attached hydrogens (tertiary/aromatic N) is 3. The van der Waals surface area contributed by atoms with Gasteiger partial charge in [0.05, 0.1) is 22.0 Å². The number of hydrogen-bond acceptors (Lipinski definition) is 2. The summed E-state index contributed by atoms with van der Waals surface area (Å²) in [5.74, 6) is 0. The smallest absolute Gasteiger partial charge is 0.129 e. The average Bonchev–Trinajstić information content (AvgIpc) is 2.51. The van der Waals surface area contributed by atoms with Crippen LogP contribution in [0.5, 0.6) is 0 Å². The van der Waals surface area contributed by atoms with E-state index in [0.29, 0.717) is 11.7 Å². The minimum Gasteiger partial charge on any atom is -0.266 e. The maximum absolute atomic E-state index is 5.77. The number of pyridine rings is 1. The largest absolute Gasteiger partial charge is 0.266 e. The molecule has 2 rings (SSSR count). The van der Waals surface area contributed by atoms with E-state index >= 15 is 0 Å². The molecule has 0 spiro atoms. The highest BCUT2D eigenvalue weighted by Gasteiger charge is 1.99. The molecule has 0 unspecified atom stereocenters. The van der Waals surface area contributed by atoms with Gasteiger partial charge in [-0.05, 0) is 34.7 Å². The molecule has 0 N–H and O–H groups in total. The van der Waals surface area contributed by atoms with Crippen LogP contribution in [0.25, 0.3) is 0 Å². The van der Waals surface area contributed by atoms with Crippen molar-refractivity contribution in [2.75, 3.05) is 0 Å². The predicted octanol–water partition coefficient (Wildman–Crippen LogP) is 2.58. The average molecular weight is 320 g/mol. The molecule has 0 aliphatic heterocycles. The zero-order valence-corrected chi connectivity index (χ0v) is 10.1. The van der Waals surface area contributed by atoms with E-state index in [9.17, 15) is 0 Å². The number of halogens is 2. The monoisotopic (exact) mass is 319 g/mol. The topological polar surface area (TPSA) is 30.7 Å². The van der Waals surface area contributed by atoms with E-state index < -0.39 is 0 Å². The van der Waals surface area contributed by atoms with Crippen molar-refractivity contribution in [2.45, 2.75) is 6.54 Å². The first kappa shape index (κ1) is 9.92. The summed E-state index contributed by atoms with van der Waals surface area (Å²) in [6, 6.07) is 5.58. The van der Waals surface area contributed by atoms with Crippen LogP contribution in [0.3, 0.4) is 0 Å². The molecule has 5 heteroatoms. The van der Waals surface area contributed by atoms with Crippen LogP contribution in [-0.4, -0.2) is 14.8 Å². The first-order valence-corrected chi connectivity index (χ1v) is 5.49. The first-order valence-electron chi connectivity index (χ1n) is 4.03. The maximum Gasteiger partial charge on any atom is 0.129 e. The van der Waals surface area contributed by atoms with Gasteiger partial charge >= 0.3 is 0 Å². The van der Waals surface area contributed by atoms with Gasteiger partial charge in [0.25, 0.3) is 0 Å². The molecular weight excluding hydrogens is 312 g/mol. The van der Waals surface area contributed by atoms with Gasteiger partial charge in [-0.1, -0.05) is 17.7 Å². The molecule has 0 amide bonds. The fraction of sp³-hybridized carbons (Fsp3) is 0.111. The number of aromatic nitrogens is 3. The van der Waals surface area contributed by atoms with E-state index in [1.807, 2.05) is 29.2 Å². The van der Waals surface area contributed by atoms with Crippen LogP contribution in [0, 0.1) is 3.57 Å². The van der Waals surface area contributed by atoms with Gasteiger partial charge in [0.1, 0.15) is 5.15 Å². The standard InChI is InChI=1S/C9H7ClIN3/c10-9-3-1-2-8(13-9)6-14-5-7(11)4-12-14/h1-5H,6H2. The Bertz CT molecular complexity index is 441. The highest BCUT2D eigenvalue weighted by Crippen LogP contribution is 2.07. The van der Waals surface area contributed by atoms with Crippen LogP contribution in [0.15, 0.2) is 30.6 Å².